The fourth-order valence-electron chi connectivity index (χ4n) is 2.26. The first-order valence-corrected chi connectivity index (χ1v) is 9.67. The van der Waals surface area contributed by atoms with Crippen LogP contribution in [0.3, 0.4) is 0 Å². The SMILES string of the molecule is CC(C)CC(NC(=O)c1csc(S(N)(=O)=O)c1)c1ccccc1. The monoisotopic (exact) mass is 352 g/mol. The van der Waals surface area contributed by atoms with Crippen LogP contribution in [0.25, 0.3) is 0 Å². The fraction of sp³-hybridized carbons (Fsp3) is 0.312. The van der Waals surface area contributed by atoms with E-state index in [2.05, 4.69) is 19.2 Å². The summed E-state index contributed by atoms with van der Waals surface area (Å²) in [4.78, 5) is 12.4. The number of hydrogen-bond acceptors (Lipinski definition) is 4. The maximum absolute atomic E-state index is 12.4. The predicted molar refractivity (Wildman–Crippen MR) is 91.8 cm³/mol. The standard InChI is InChI=1S/C16H20N2O3S2/c1-11(2)8-14(12-6-4-3-5-7-12)18-16(19)13-9-15(22-10-13)23(17,20)21/h3-7,9-11,14H,8H2,1-2H3,(H,18,19)(H2,17,20,21). The molecule has 0 saturated heterocycles. The number of carbonyl (C=O) groups is 1. The number of nitrogens with one attached hydrogen (secondary N) is 1. The lowest BCUT2D eigenvalue weighted by atomic mass is 9.97. The van der Waals surface area contributed by atoms with Crippen molar-refractivity contribution in [3.63, 3.8) is 0 Å². The van der Waals surface area contributed by atoms with E-state index in [4.69, 9.17) is 5.14 Å². The molecule has 0 radical (unpaired) electrons. The number of thiophene rings is 1. The first-order valence-electron chi connectivity index (χ1n) is 7.24. The van der Waals surface area contributed by atoms with E-state index in [9.17, 15) is 13.2 Å². The number of hydrogen-bond donors (Lipinski definition) is 2. The zero-order valence-corrected chi connectivity index (χ0v) is 14.7. The minimum absolute atomic E-state index is 0.0113. The van der Waals surface area contributed by atoms with Gasteiger partial charge in [0, 0.05) is 5.38 Å². The van der Waals surface area contributed by atoms with Crippen LogP contribution in [0.5, 0.6) is 0 Å². The van der Waals surface area contributed by atoms with Gasteiger partial charge in [0.1, 0.15) is 4.21 Å². The van der Waals surface area contributed by atoms with Crippen LogP contribution in [0.15, 0.2) is 46.0 Å². The molecule has 0 bridgehead atoms. The van der Waals surface area contributed by atoms with Gasteiger partial charge >= 0.3 is 0 Å². The van der Waals surface area contributed by atoms with E-state index in [1.54, 1.807) is 0 Å². The molecule has 3 N–H and O–H groups in total. The highest BCUT2D eigenvalue weighted by molar-refractivity contribution is 7.91. The molecule has 1 aromatic heterocycles. The molecule has 0 saturated carbocycles. The van der Waals surface area contributed by atoms with Gasteiger partial charge in [0.15, 0.2) is 0 Å². The third kappa shape index (κ3) is 4.89. The maximum Gasteiger partial charge on any atom is 0.252 e. The molecule has 1 atom stereocenters. The molecule has 2 aromatic rings. The first-order chi connectivity index (χ1) is 10.8. The van der Waals surface area contributed by atoms with E-state index in [0.29, 0.717) is 11.5 Å². The zero-order chi connectivity index (χ0) is 17.0. The van der Waals surface area contributed by atoms with E-state index < -0.39 is 10.0 Å². The lowest BCUT2D eigenvalue weighted by Gasteiger charge is -2.21. The summed E-state index contributed by atoms with van der Waals surface area (Å²) >= 11 is 0.948. The van der Waals surface area contributed by atoms with Crippen molar-refractivity contribution in [2.75, 3.05) is 0 Å². The Morgan fingerprint density at radius 3 is 2.43 bits per heavy atom. The fourth-order valence-corrected chi connectivity index (χ4v) is 3.85. The van der Waals surface area contributed by atoms with Gasteiger partial charge < -0.3 is 5.32 Å². The Bertz CT molecular complexity index is 768. The molecule has 1 unspecified atom stereocenters. The van der Waals surface area contributed by atoms with Gasteiger partial charge in [-0.3, -0.25) is 4.79 Å². The molecule has 1 aromatic carbocycles. The molecule has 0 aliphatic carbocycles. The molecule has 7 heteroatoms. The van der Waals surface area contributed by atoms with Crippen LogP contribution in [-0.4, -0.2) is 14.3 Å². The van der Waals surface area contributed by atoms with Crippen molar-refractivity contribution >= 4 is 27.3 Å². The minimum atomic E-state index is -3.78. The molecule has 1 amide bonds. The van der Waals surface area contributed by atoms with Gasteiger partial charge in [0.25, 0.3) is 5.91 Å². The summed E-state index contributed by atoms with van der Waals surface area (Å²) in [6.45, 7) is 4.18. The Morgan fingerprint density at radius 1 is 1.26 bits per heavy atom. The quantitative estimate of drug-likeness (QED) is 0.837. The Hall–Kier alpha value is -1.70. The number of sulfonamides is 1. The van der Waals surface area contributed by atoms with Crippen molar-refractivity contribution in [3.05, 3.63) is 52.9 Å². The molecule has 5 nitrogen and oxygen atoms in total. The number of benzene rings is 1. The molecule has 0 aliphatic rings. The average Bonchev–Trinajstić information content (AvgIpc) is 2.97. The largest absolute Gasteiger partial charge is 0.345 e. The molecule has 1 heterocycles. The van der Waals surface area contributed by atoms with Crippen LogP contribution in [0.1, 0.15) is 42.2 Å². The van der Waals surface area contributed by atoms with E-state index in [1.165, 1.54) is 11.4 Å². The van der Waals surface area contributed by atoms with Crippen LogP contribution in [0.4, 0.5) is 0 Å². The summed E-state index contributed by atoms with van der Waals surface area (Å²) in [5, 5.41) is 9.56. The first kappa shape index (κ1) is 17.7. The number of nitrogens with two attached hydrogens (primary N) is 1. The van der Waals surface area contributed by atoms with Crippen molar-refractivity contribution in [3.8, 4) is 0 Å². The predicted octanol–water partition coefficient (Wildman–Crippen LogP) is 2.91. The van der Waals surface area contributed by atoms with Gasteiger partial charge in [-0.05, 0) is 24.0 Å². The highest BCUT2D eigenvalue weighted by Crippen LogP contribution is 2.23. The third-order valence-corrected chi connectivity index (χ3v) is 5.72. The van der Waals surface area contributed by atoms with Crippen LogP contribution >= 0.6 is 11.3 Å². The molecular weight excluding hydrogens is 332 g/mol. The van der Waals surface area contributed by atoms with Crippen LogP contribution < -0.4 is 10.5 Å². The molecule has 0 aliphatic heterocycles. The van der Waals surface area contributed by atoms with Gasteiger partial charge in [-0.25, -0.2) is 13.6 Å². The summed E-state index contributed by atoms with van der Waals surface area (Å²) in [5.74, 6) is 0.105. The molecule has 0 spiro atoms. The van der Waals surface area contributed by atoms with Crippen molar-refractivity contribution in [1.82, 2.24) is 5.32 Å². The summed E-state index contributed by atoms with van der Waals surface area (Å²) in [6.07, 6.45) is 0.794. The third-order valence-electron chi connectivity index (χ3n) is 3.33. The average molecular weight is 352 g/mol. The normalized spacial score (nSPS) is 13.0. The van der Waals surface area contributed by atoms with E-state index >= 15 is 0 Å². The van der Waals surface area contributed by atoms with E-state index in [-0.39, 0.29) is 16.2 Å². The molecule has 124 valence electrons. The van der Waals surface area contributed by atoms with Crippen molar-refractivity contribution in [2.24, 2.45) is 11.1 Å². The molecular formula is C16H20N2O3S2. The molecule has 0 fully saturated rings. The second kappa shape index (κ2) is 7.25. The molecule has 2 rings (SSSR count). The number of amides is 1. The Kier molecular flexibility index (Phi) is 5.56. The van der Waals surface area contributed by atoms with E-state index in [0.717, 1.165) is 23.3 Å². The van der Waals surface area contributed by atoms with Gasteiger partial charge in [-0.15, -0.1) is 11.3 Å². The zero-order valence-electron chi connectivity index (χ0n) is 13.0. The van der Waals surface area contributed by atoms with Gasteiger partial charge in [0.05, 0.1) is 11.6 Å². The summed E-state index contributed by atoms with van der Waals surface area (Å²) in [6, 6.07) is 10.9. The van der Waals surface area contributed by atoms with Crippen molar-refractivity contribution in [2.45, 2.75) is 30.5 Å². The number of carbonyl (C=O) groups excluding carboxylic acids is 1. The Balaban J connectivity index is 2.19. The van der Waals surface area contributed by atoms with Gasteiger partial charge in [-0.2, -0.15) is 0 Å². The van der Waals surface area contributed by atoms with Gasteiger partial charge in [0.2, 0.25) is 10.0 Å². The van der Waals surface area contributed by atoms with Crippen LogP contribution in [-0.2, 0) is 10.0 Å². The smallest absolute Gasteiger partial charge is 0.252 e. The summed E-state index contributed by atoms with van der Waals surface area (Å²) in [7, 11) is -3.78. The topological polar surface area (TPSA) is 89.3 Å². The van der Waals surface area contributed by atoms with Crippen molar-refractivity contribution in [1.29, 1.82) is 0 Å². The molecule has 23 heavy (non-hydrogen) atoms. The second-order valence-corrected chi connectivity index (χ2v) is 8.47. The minimum Gasteiger partial charge on any atom is -0.345 e. The van der Waals surface area contributed by atoms with Crippen LogP contribution in [0, 0.1) is 5.92 Å². The van der Waals surface area contributed by atoms with Gasteiger partial charge in [-0.1, -0.05) is 44.2 Å². The highest BCUT2D eigenvalue weighted by atomic mass is 32.2. The number of primary sulfonamides is 1. The Morgan fingerprint density at radius 2 is 1.91 bits per heavy atom. The lowest BCUT2D eigenvalue weighted by molar-refractivity contribution is 0.0932. The maximum atomic E-state index is 12.4. The lowest BCUT2D eigenvalue weighted by Crippen LogP contribution is -2.29. The van der Waals surface area contributed by atoms with Crippen LogP contribution in [0.2, 0.25) is 0 Å². The van der Waals surface area contributed by atoms with E-state index in [1.807, 2.05) is 30.3 Å². The number of rotatable bonds is 6. The summed E-state index contributed by atoms with van der Waals surface area (Å²) in [5.41, 5.74) is 1.33. The Labute approximate surface area is 140 Å². The highest BCUT2D eigenvalue weighted by Gasteiger charge is 2.19. The second-order valence-electron chi connectivity index (χ2n) is 5.77. The van der Waals surface area contributed by atoms with Crippen molar-refractivity contribution < 1.29 is 13.2 Å². The summed E-state index contributed by atoms with van der Waals surface area (Å²) < 4.78 is 22.6.